The number of ether oxygens (including phenoxy) is 1. The van der Waals surface area contributed by atoms with Crippen LogP contribution in [-0.2, 0) is 4.74 Å². The van der Waals surface area contributed by atoms with Crippen molar-refractivity contribution in [3.8, 4) is 0 Å². The van der Waals surface area contributed by atoms with Gasteiger partial charge in [0.25, 0.3) is 0 Å². The smallest absolute Gasteiger partial charge is 0.0707 e. The average molecular weight is 282 g/mol. The highest BCUT2D eigenvalue weighted by Gasteiger charge is 2.27. The summed E-state index contributed by atoms with van der Waals surface area (Å²) in [6.45, 7) is 5.51. The first-order valence-electron chi connectivity index (χ1n) is 8.86. The molecule has 0 amide bonds. The molecule has 0 aromatic rings. The number of nitrogens with zero attached hydrogens (tertiary/aromatic N) is 1. The van der Waals surface area contributed by atoms with E-state index in [1.807, 2.05) is 0 Å². The van der Waals surface area contributed by atoms with Gasteiger partial charge in [0, 0.05) is 19.1 Å². The molecule has 20 heavy (non-hydrogen) atoms. The zero-order valence-electron chi connectivity index (χ0n) is 13.6. The second-order valence-electron chi connectivity index (χ2n) is 6.75. The van der Waals surface area contributed by atoms with Crippen LogP contribution in [0.1, 0.15) is 64.7 Å². The van der Waals surface area contributed by atoms with Gasteiger partial charge in [0.1, 0.15) is 0 Å². The number of nitrogens with one attached hydrogen (secondary N) is 1. The van der Waals surface area contributed by atoms with Crippen LogP contribution in [0.4, 0.5) is 0 Å². The average Bonchev–Trinajstić information content (AvgIpc) is 2.72. The van der Waals surface area contributed by atoms with E-state index in [-0.39, 0.29) is 0 Å². The number of hydrogen-bond acceptors (Lipinski definition) is 3. The lowest BCUT2D eigenvalue weighted by atomic mass is 10.1. The van der Waals surface area contributed by atoms with Gasteiger partial charge in [-0.3, -0.25) is 0 Å². The van der Waals surface area contributed by atoms with Crippen molar-refractivity contribution >= 4 is 0 Å². The molecular formula is C17H34N2O. The molecule has 2 unspecified atom stereocenters. The summed E-state index contributed by atoms with van der Waals surface area (Å²) < 4.78 is 6.20. The van der Waals surface area contributed by atoms with Gasteiger partial charge in [0.05, 0.1) is 12.2 Å². The van der Waals surface area contributed by atoms with E-state index >= 15 is 0 Å². The van der Waals surface area contributed by atoms with Crippen LogP contribution in [0.2, 0.25) is 0 Å². The maximum Gasteiger partial charge on any atom is 0.0707 e. The van der Waals surface area contributed by atoms with E-state index < -0.39 is 0 Å². The molecule has 118 valence electrons. The van der Waals surface area contributed by atoms with Crippen molar-refractivity contribution in [1.82, 2.24) is 10.2 Å². The third kappa shape index (κ3) is 5.34. The van der Waals surface area contributed by atoms with Gasteiger partial charge in [-0.05, 0) is 45.7 Å². The molecule has 0 aromatic heterocycles. The molecule has 2 atom stereocenters. The number of hydrogen-bond donors (Lipinski definition) is 1. The maximum absolute atomic E-state index is 6.20. The van der Waals surface area contributed by atoms with Gasteiger partial charge in [-0.2, -0.15) is 0 Å². The minimum absolute atomic E-state index is 0.453. The predicted molar refractivity (Wildman–Crippen MR) is 85.2 cm³/mol. The summed E-state index contributed by atoms with van der Waals surface area (Å²) in [5.74, 6) is 0. The molecule has 2 rings (SSSR count). The maximum atomic E-state index is 6.20. The Morgan fingerprint density at radius 1 is 1.00 bits per heavy atom. The molecular weight excluding hydrogens is 248 g/mol. The normalized spacial score (nSPS) is 28.9. The van der Waals surface area contributed by atoms with Crippen LogP contribution in [0.3, 0.4) is 0 Å². The molecule has 1 heterocycles. The molecule has 1 aliphatic heterocycles. The van der Waals surface area contributed by atoms with Crippen LogP contribution in [-0.4, -0.2) is 49.8 Å². The molecule has 1 saturated heterocycles. The van der Waals surface area contributed by atoms with Crippen LogP contribution in [0.5, 0.6) is 0 Å². The van der Waals surface area contributed by atoms with Crippen molar-refractivity contribution < 1.29 is 4.74 Å². The molecule has 1 saturated carbocycles. The first-order chi connectivity index (χ1) is 9.79. The van der Waals surface area contributed by atoms with Crippen LogP contribution in [0.15, 0.2) is 0 Å². The molecule has 0 aromatic carbocycles. The Morgan fingerprint density at radius 2 is 1.70 bits per heavy atom. The van der Waals surface area contributed by atoms with Crippen molar-refractivity contribution in [2.24, 2.45) is 0 Å². The minimum atomic E-state index is 0.453. The first-order valence-corrected chi connectivity index (χ1v) is 8.86. The van der Waals surface area contributed by atoms with E-state index in [9.17, 15) is 0 Å². The van der Waals surface area contributed by atoms with Crippen molar-refractivity contribution in [1.29, 1.82) is 0 Å². The molecule has 0 spiro atoms. The fraction of sp³-hybridized carbons (Fsp3) is 1.00. The summed E-state index contributed by atoms with van der Waals surface area (Å²) in [5.41, 5.74) is 0. The lowest BCUT2D eigenvalue weighted by molar-refractivity contribution is 0.0193. The Balaban J connectivity index is 1.65. The SMILES string of the molecule is CCCNCC1CCC(CN(C)C2CCCCCC2)O1. The first kappa shape index (κ1) is 16.3. The number of rotatable bonds is 7. The molecule has 3 heteroatoms. The fourth-order valence-electron chi connectivity index (χ4n) is 3.67. The summed E-state index contributed by atoms with van der Waals surface area (Å²) >= 11 is 0. The fourth-order valence-corrected chi connectivity index (χ4v) is 3.67. The number of likely N-dealkylation sites (N-methyl/N-ethyl adjacent to an activating group) is 1. The van der Waals surface area contributed by atoms with E-state index in [2.05, 4.69) is 24.2 Å². The van der Waals surface area contributed by atoms with Gasteiger partial charge in [-0.15, -0.1) is 0 Å². The minimum Gasteiger partial charge on any atom is -0.372 e. The molecule has 2 fully saturated rings. The van der Waals surface area contributed by atoms with Crippen molar-refractivity contribution in [2.75, 3.05) is 26.7 Å². The lowest BCUT2D eigenvalue weighted by Crippen LogP contribution is -2.38. The van der Waals surface area contributed by atoms with E-state index in [1.165, 1.54) is 57.8 Å². The largest absolute Gasteiger partial charge is 0.372 e. The van der Waals surface area contributed by atoms with Gasteiger partial charge in [-0.25, -0.2) is 0 Å². The van der Waals surface area contributed by atoms with Gasteiger partial charge >= 0.3 is 0 Å². The third-order valence-electron chi connectivity index (χ3n) is 4.93. The van der Waals surface area contributed by atoms with Gasteiger partial charge in [0.2, 0.25) is 0 Å². The van der Waals surface area contributed by atoms with Crippen LogP contribution in [0.25, 0.3) is 0 Å². The summed E-state index contributed by atoms with van der Waals surface area (Å²) in [4.78, 5) is 2.58. The van der Waals surface area contributed by atoms with Gasteiger partial charge in [0.15, 0.2) is 0 Å². The molecule has 0 radical (unpaired) electrons. The Morgan fingerprint density at radius 3 is 2.40 bits per heavy atom. The zero-order chi connectivity index (χ0) is 14.2. The van der Waals surface area contributed by atoms with Crippen molar-refractivity contribution in [3.05, 3.63) is 0 Å². The quantitative estimate of drug-likeness (QED) is 0.573. The predicted octanol–water partition coefficient (Wildman–Crippen LogP) is 3.19. The van der Waals surface area contributed by atoms with Crippen LogP contribution in [0, 0.1) is 0 Å². The topological polar surface area (TPSA) is 24.5 Å². The molecule has 0 bridgehead atoms. The second kappa shape index (κ2) is 9.01. The van der Waals surface area contributed by atoms with Gasteiger partial charge < -0.3 is 15.0 Å². The second-order valence-corrected chi connectivity index (χ2v) is 6.75. The summed E-state index contributed by atoms with van der Waals surface area (Å²) in [6, 6.07) is 0.804. The van der Waals surface area contributed by atoms with E-state index in [0.717, 1.165) is 25.7 Å². The molecule has 1 N–H and O–H groups in total. The summed E-state index contributed by atoms with van der Waals surface area (Å²) in [6.07, 6.45) is 13.1. The Kier molecular flexibility index (Phi) is 7.32. The van der Waals surface area contributed by atoms with Gasteiger partial charge in [-0.1, -0.05) is 32.6 Å². The monoisotopic (exact) mass is 282 g/mol. The molecule has 2 aliphatic rings. The van der Waals surface area contributed by atoms with Crippen LogP contribution >= 0.6 is 0 Å². The Labute approximate surface area is 125 Å². The summed E-state index contributed by atoms with van der Waals surface area (Å²) in [5, 5.41) is 3.48. The van der Waals surface area contributed by atoms with Crippen LogP contribution < -0.4 is 5.32 Å². The van der Waals surface area contributed by atoms with Crippen molar-refractivity contribution in [3.63, 3.8) is 0 Å². The zero-order valence-corrected chi connectivity index (χ0v) is 13.6. The summed E-state index contributed by atoms with van der Waals surface area (Å²) in [7, 11) is 2.31. The lowest BCUT2D eigenvalue weighted by Gasteiger charge is -2.29. The van der Waals surface area contributed by atoms with E-state index in [1.54, 1.807) is 0 Å². The molecule has 3 nitrogen and oxygen atoms in total. The van der Waals surface area contributed by atoms with Crippen molar-refractivity contribution in [2.45, 2.75) is 83.0 Å². The van der Waals surface area contributed by atoms with E-state index in [0.29, 0.717) is 12.2 Å². The molecule has 1 aliphatic carbocycles. The Hall–Kier alpha value is -0.120. The highest BCUT2D eigenvalue weighted by molar-refractivity contribution is 4.80. The highest BCUT2D eigenvalue weighted by Crippen LogP contribution is 2.24. The standard InChI is InChI=1S/C17H34N2O/c1-3-12-18-13-16-10-11-17(20-16)14-19(2)15-8-6-4-5-7-9-15/h15-18H,3-14H2,1-2H3. The Bertz CT molecular complexity index is 251. The third-order valence-corrected chi connectivity index (χ3v) is 4.93. The highest BCUT2D eigenvalue weighted by atomic mass is 16.5. The van der Waals surface area contributed by atoms with E-state index in [4.69, 9.17) is 4.74 Å².